The molecule has 1 saturated heterocycles. The van der Waals surface area contributed by atoms with Gasteiger partial charge in [-0.1, -0.05) is 13.8 Å². The molecule has 2 rings (SSSR count). The van der Waals surface area contributed by atoms with Crippen molar-refractivity contribution in [2.24, 2.45) is 0 Å². The highest BCUT2D eigenvalue weighted by atomic mass is 16.6. The Kier molecular flexibility index (Phi) is 3.47. The van der Waals surface area contributed by atoms with Gasteiger partial charge in [0.25, 0.3) is 0 Å². The van der Waals surface area contributed by atoms with E-state index < -0.39 is 0 Å². The van der Waals surface area contributed by atoms with Gasteiger partial charge in [-0.3, -0.25) is 0 Å². The summed E-state index contributed by atoms with van der Waals surface area (Å²) in [5, 5.41) is 3.08. The van der Waals surface area contributed by atoms with Crippen LogP contribution in [0.5, 0.6) is 5.88 Å². The van der Waals surface area contributed by atoms with Gasteiger partial charge < -0.3 is 14.8 Å². The van der Waals surface area contributed by atoms with E-state index in [9.17, 15) is 0 Å². The molecule has 0 amide bonds. The molecule has 0 radical (unpaired) electrons. The molecule has 0 atom stereocenters. The molecule has 1 aromatic rings. The molecule has 0 saturated carbocycles. The van der Waals surface area contributed by atoms with Crippen molar-refractivity contribution in [1.29, 1.82) is 0 Å². The number of nitrogens with zero attached hydrogens (tertiary/aromatic N) is 2. The van der Waals surface area contributed by atoms with Crippen LogP contribution in [0.4, 0.5) is 5.82 Å². The van der Waals surface area contributed by atoms with Gasteiger partial charge in [0.2, 0.25) is 5.88 Å². The van der Waals surface area contributed by atoms with Crippen LogP contribution in [0.3, 0.4) is 0 Å². The van der Waals surface area contributed by atoms with Crippen LogP contribution < -0.4 is 10.1 Å². The maximum Gasteiger partial charge on any atom is 0.222 e. The third-order valence-corrected chi connectivity index (χ3v) is 2.76. The van der Waals surface area contributed by atoms with Crippen molar-refractivity contribution in [3.05, 3.63) is 11.4 Å². The van der Waals surface area contributed by atoms with Gasteiger partial charge in [0.1, 0.15) is 17.7 Å². The van der Waals surface area contributed by atoms with Crippen molar-refractivity contribution in [2.75, 3.05) is 25.6 Å². The van der Waals surface area contributed by atoms with E-state index in [-0.39, 0.29) is 12.0 Å². The molecule has 0 unspecified atom stereocenters. The fourth-order valence-electron chi connectivity index (χ4n) is 1.57. The van der Waals surface area contributed by atoms with E-state index in [4.69, 9.17) is 9.47 Å². The lowest BCUT2D eigenvalue weighted by molar-refractivity contribution is -0.0816. The standard InChI is InChI=1S/C12H19N3O2/c1-7(2)10-14-11(13-4)8(3)12(15-10)17-9-5-16-6-9/h7,9H,5-6H2,1-4H3,(H,13,14,15). The molecule has 5 nitrogen and oxygen atoms in total. The first-order chi connectivity index (χ1) is 8.11. The molecule has 1 aliphatic heterocycles. The number of anilines is 1. The minimum atomic E-state index is 0.133. The maximum absolute atomic E-state index is 5.80. The quantitative estimate of drug-likeness (QED) is 0.864. The summed E-state index contributed by atoms with van der Waals surface area (Å²) in [4.78, 5) is 8.94. The Hall–Kier alpha value is -1.36. The molecule has 0 bridgehead atoms. The van der Waals surface area contributed by atoms with Crippen molar-refractivity contribution < 1.29 is 9.47 Å². The Bertz CT molecular complexity index is 403. The summed E-state index contributed by atoms with van der Waals surface area (Å²) in [5.41, 5.74) is 0.948. The lowest BCUT2D eigenvalue weighted by atomic mass is 10.2. The number of hydrogen-bond donors (Lipinski definition) is 1. The smallest absolute Gasteiger partial charge is 0.222 e. The van der Waals surface area contributed by atoms with E-state index in [0.717, 1.165) is 17.2 Å². The second-order valence-electron chi connectivity index (χ2n) is 4.54. The molecule has 1 N–H and O–H groups in total. The van der Waals surface area contributed by atoms with Crippen molar-refractivity contribution in [3.63, 3.8) is 0 Å². The van der Waals surface area contributed by atoms with Crippen LogP contribution in [0.25, 0.3) is 0 Å². The van der Waals surface area contributed by atoms with Gasteiger partial charge in [0, 0.05) is 13.0 Å². The van der Waals surface area contributed by atoms with Crippen LogP contribution in [-0.4, -0.2) is 36.3 Å². The normalized spacial score (nSPS) is 15.8. The summed E-state index contributed by atoms with van der Waals surface area (Å²) >= 11 is 0. The van der Waals surface area contributed by atoms with Gasteiger partial charge in [-0.25, -0.2) is 4.98 Å². The minimum absolute atomic E-state index is 0.133. The molecule has 94 valence electrons. The fraction of sp³-hybridized carbons (Fsp3) is 0.667. The summed E-state index contributed by atoms with van der Waals surface area (Å²) in [6.07, 6.45) is 0.133. The van der Waals surface area contributed by atoms with Crippen LogP contribution in [0, 0.1) is 6.92 Å². The van der Waals surface area contributed by atoms with Crippen molar-refractivity contribution >= 4 is 5.82 Å². The van der Waals surface area contributed by atoms with E-state index in [1.54, 1.807) is 0 Å². The molecule has 0 spiro atoms. The number of hydrogen-bond acceptors (Lipinski definition) is 5. The van der Waals surface area contributed by atoms with Gasteiger partial charge in [0.15, 0.2) is 0 Å². The highest BCUT2D eigenvalue weighted by Gasteiger charge is 2.23. The second-order valence-corrected chi connectivity index (χ2v) is 4.54. The third-order valence-electron chi connectivity index (χ3n) is 2.76. The van der Waals surface area contributed by atoms with Crippen LogP contribution in [0.1, 0.15) is 31.2 Å². The molecule has 2 heterocycles. The summed E-state index contributed by atoms with van der Waals surface area (Å²) < 4.78 is 10.9. The predicted molar refractivity (Wildman–Crippen MR) is 65.6 cm³/mol. The summed E-state index contributed by atoms with van der Waals surface area (Å²) in [6, 6.07) is 0. The van der Waals surface area contributed by atoms with Gasteiger partial charge in [-0.15, -0.1) is 0 Å². The van der Waals surface area contributed by atoms with Crippen LogP contribution >= 0.6 is 0 Å². The van der Waals surface area contributed by atoms with Crippen molar-refractivity contribution in [2.45, 2.75) is 32.8 Å². The first kappa shape index (κ1) is 12.1. The zero-order valence-corrected chi connectivity index (χ0v) is 10.8. The molecular formula is C12H19N3O2. The molecule has 1 aliphatic rings. The van der Waals surface area contributed by atoms with Crippen LogP contribution in [0.15, 0.2) is 0 Å². The Labute approximate surface area is 102 Å². The zero-order valence-electron chi connectivity index (χ0n) is 10.8. The molecule has 0 aliphatic carbocycles. The molecule has 1 fully saturated rings. The molecule has 5 heteroatoms. The van der Waals surface area contributed by atoms with Gasteiger partial charge in [-0.2, -0.15) is 4.98 Å². The average Bonchev–Trinajstić information content (AvgIpc) is 2.24. The lowest BCUT2D eigenvalue weighted by Crippen LogP contribution is -2.39. The highest BCUT2D eigenvalue weighted by molar-refractivity contribution is 5.48. The van der Waals surface area contributed by atoms with E-state index >= 15 is 0 Å². The summed E-state index contributed by atoms with van der Waals surface area (Å²) in [7, 11) is 1.86. The van der Waals surface area contributed by atoms with Crippen LogP contribution in [0.2, 0.25) is 0 Å². The van der Waals surface area contributed by atoms with Gasteiger partial charge in [0.05, 0.1) is 18.8 Å². The third kappa shape index (κ3) is 2.49. The van der Waals surface area contributed by atoms with Crippen molar-refractivity contribution in [3.8, 4) is 5.88 Å². The maximum atomic E-state index is 5.80. The zero-order chi connectivity index (χ0) is 12.4. The predicted octanol–water partition coefficient (Wildman–Crippen LogP) is 1.73. The highest BCUT2D eigenvalue weighted by Crippen LogP contribution is 2.26. The Morgan fingerprint density at radius 2 is 2.06 bits per heavy atom. The largest absolute Gasteiger partial charge is 0.469 e. The topological polar surface area (TPSA) is 56.3 Å². The van der Waals surface area contributed by atoms with E-state index in [0.29, 0.717) is 19.1 Å². The SMILES string of the molecule is CNc1nc(C(C)C)nc(OC2COC2)c1C. The van der Waals surface area contributed by atoms with E-state index in [1.807, 2.05) is 14.0 Å². The molecule has 1 aromatic heterocycles. The fourth-order valence-corrected chi connectivity index (χ4v) is 1.57. The molecular weight excluding hydrogens is 218 g/mol. The number of ether oxygens (including phenoxy) is 2. The van der Waals surface area contributed by atoms with Crippen LogP contribution in [-0.2, 0) is 4.74 Å². The van der Waals surface area contributed by atoms with E-state index in [1.165, 1.54) is 0 Å². The van der Waals surface area contributed by atoms with Crippen molar-refractivity contribution in [1.82, 2.24) is 9.97 Å². The average molecular weight is 237 g/mol. The monoisotopic (exact) mass is 237 g/mol. The minimum Gasteiger partial charge on any atom is -0.469 e. The Morgan fingerprint density at radius 1 is 1.35 bits per heavy atom. The molecule has 0 aromatic carbocycles. The lowest BCUT2D eigenvalue weighted by Gasteiger charge is -2.27. The molecule has 17 heavy (non-hydrogen) atoms. The number of rotatable bonds is 4. The van der Waals surface area contributed by atoms with Gasteiger partial charge in [-0.05, 0) is 6.92 Å². The second kappa shape index (κ2) is 4.87. The number of nitrogens with one attached hydrogen (secondary N) is 1. The van der Waals surface area contributed by atoms with E-state index in [2.05, 4.69) is 29.1 Å². The summed E-state index contributed by atoms with van der Waals surface area (Å²) in [5.74, 6) is 2.58. The summed E-state index contributed by atoms with van der Waals surface area (Å²) in [6.45, 7) is 7.40. The Balaban J connectivity index is 2.30. The van der Waals surface area contributed by atoms with Gasteiger partial charge >= 0.3 is 0 Å². The first-order valence-electron chi connectivity index (χ1n) is 5.92. The first-order valence-corrected chi connectivity index (χ1v) is 5.92. The Morgan fingerprint density at radius 3 is 2.53 bits per heavy atom. The number of aromatic nitrogens is 2.